The molecule has 4 heteroatoms. The van der Waals surface area contributed by atoms with Crippen LogP contribution < -0.4 is 5.32 Å². The molecule has 1 N–H and O–H groups in total. The van der Waals surface area contributed by atoms with E-state index in [2.05, 4.69) is 14.7 Å². The molecule has 2 bridgehead atoms. The number of fused-ring (bicyclic) bond motifs is 2. The minimum Gasteiger partial charge on any atom is -0.360 e. The van der Waals surface area contributed by atoms with E-state index in [4.69, 9.17) is 0 Å². The molecule has 0 aromatic carbocycles. The lowest BCUT2D eigenvalue weighted by Crippen LogP contribution is -2.19. The Labute approximate surface area is 88.1 Å². The van der Waals surface area contributed by atoms with Crippen molar-refractivity contribution in [3.05, 3.63) is 6.33 Å². The van der Waals surface area contributed by atoms with Gasteiger partial charge in [-0.1, -0.05) is 6.42 Å². The van der Waals surface area contributed by atoms with Gasteiger partial charge in [0.05, 0.1) is 0 Å². The molecular formula is C10H15N3S. The van der Waals surface area contributed by atoms with Crippen LogP contribution in [0.4, 0.5) is 5.13 Å². The summed E-state index contributed by atoms with van der Waals surface area (Å²) in [6.45, 7) is 1.11. The second-order valence-electron chi connectivity index (χ2n) is 4.56. The van der Waals surface area contributed by atoms with Crippen molar-refractivity contribution in [2.24, 2.45) is 17.8 Å². The summed E-state index contributed by atoms with van der Waals surface area (Å²) < 4.78 is 3.98. The van der Waals surface area contributed by atoms with E-state index in [0.717, 1.165) is 29.4 Å². The normalized spacial score (nSPS) is 35.0. The average Bonchev–Trinajstić information content (AvgIpc) is 2.91. The van der Waals surface area contributed by atoms with Crippen molar-refractivity contribution >= 4 is 16.7 Å². The van der Waals surface area contributed by atoms with E-state index in [0.29, 0.717) is 0 Å². The van der Waals surface area contributed by atoms with Crippen LogP contribution in [0.1, 0.15) is 25.7 Å². The van der Waals surface area contributed by atoms with Gasteiger partial charge in [0.1, 0.15) is 6.33 Å². The smallest absolute Gasteiger partial charge is 0.202 e. The van der Waals surface area contributed by atoms with Gasteiger partial charge in [-0.25, -0.2) is 4.98 Å². The fourth-order valence-corrected chi connectivity index (χ4v) is 3.53. The maximum atomic E-state index is 4.14. The van der Waals surface area contributed by atoms with E-state index in [1.165, 1.54) is 37.2 Å². The Morgan fingerprint density at radius 1 is 1.43 bits per heavy atom. The number of rotatable bonds is 3. The highest BCUT2D eigenvalue weighted by Crippen LogP contribution is 2.48. The molecule has 76 valence electrons. The molecule has 2 aliphatic rings. The van der Waals surface area contributed by atoms with Gasteiger partial charge in [-0.15, -0.1) is 0 Å². The Morgan fingerprint density at radius 3 is 3.07 bits per heavy atom. The minimum atomic E-state index is 0.901. The van der Waals surface area contributed by atoms with Gasteiger partial charge in [0.15, 0.2) is 0 Å². The zero-order chi connectivity index (χ0) is 9.38. The quantitative estimate of drug-likeness (QED) is 0.830. The lowest BCUT2D eigenvalue weighted by molar-refractivity contribution is 0.348. The van der Waals surface area contributed by atoms with Crippen LogP contribution in [0.25, 0.3) is 0 Å². The molecule has 0 spiro atoms. The summed E-state index contributed by atoms with van der Waals surface area (Å²) >= 11 is 1.45. The first-order valence-corrected chi connectivity index (χ1v) is 6.19. The molecule has 2 saturated carbocycles. The summed E-state index contributed by atoms with van der Waals surface area (Å²) in [5, 5.41) is 4.38. The molecule has 0 radical (unpaired) electrons. The molecule has 14 heavy (non-hydrogen) atoms. The molecule has 3 atom stereocenters. The summed E-state index contributed by atoms with van der Waals surface area (Å²) in [5.41, 5.74) is 0. The third kappa shape index (κ3) is 1.52. The van der Waals surface area contributed by atoms with Crippen LogP contribution in [-0.4, -0.2) is 15.9 Å². The lowest BCUT2D eigenvalue weighted by atomic mass is 9.89. The number of hydrogen-bond donors (Lipinski definition) is 1. The minimum absolute atomic E-state index is 0.901. The van der Waals surface area contributed by atoms with Gasteiger partial charge < -0.3 is 5.32 Å². The summed E-state index contributed by atoms with van der Waals surface area (Å²) in [6, 6.07) is 0. The monoisotopic (exact) mass is 209 g/mol. The van der Waals surface area contributed by atoms with Crippen molar-refractivity contribution in [2.45, 2.75) is 25.7 Å². The van der Waals surface area contributed by atoms with Gasteiger partial charge in [-0.2, -0.15) is 4.37 Å². The van der Waals surface area contributed by atoms with Gasteiger partial charge >= 0.3 is 0 Å². The first-order valence-electron chi connectivity index (χ1n) is 5.42. The van der Waals surface area contributed by atoms with E-state index in [9.17, 15) is 0 Å². The van der Waals surface area contributed by atoms with Gasteiger partial charge in [-0.05, 0) is 37.0 Å². The Kier molecular flexibility index (Phi) is 2.16. The summed E-state index contributed by atoms with van der Waals surface area (Å²) in [4.78, 5) is 4.14. The number of nitrogens with one attached hydrogen (secondary N) is 1. The highest BCUT2D eigenvalue weighted by atomic mass is 32.1. The van der Waals surface area contributed by atoms with Crippen molar-refractivity contribution in [1.29, 1.82) is 0 Å². The number of hydrogen-bond acceptors (Lipinski definition) is 4. The average molecular weight is 209 g/mol. The topological polar surface area (TPSA) is 37.8 Å². The lowest BCUT2D eigenvalue weighted by Gasteiger charge is -2.21. The van der Waals surface area contributed by atoms with Gasteiger partial charge in [0, 0.05) is 18.1 Å². The molecule has 1 aromatic rings. The zero-order valence-corrected chi connectivity index (χ0v) is 8.96. The zero-order valence-electron chi connectivity index (χ0n) is 8.15. The third-order valence-electron chi connectivity index (χ3n) is 3.76. The van der Waals surface area contributed by atoms with Crippen molar-refractivity contribution in [1.82, 2.24) is 9.36 Å². The van der Waals surface area contributed by atoms with Crippen molar-refractivity contribution in [3.8, 4) is 0 Å². The van der Waals surface area contributed by atoms with Crippen molar-refractivity contribution in [3.63, 3.8) is 0 Å². The highest BCUT2D eigenvalue weighted by molar-refractivity contribution is 7.09. The predicted octanol–water partition coefficient (Wildman–Crippen LogP) is 2.39. The summed E-state index contributed by atoms with van der Waals surface area (Å²) in [7, 11) is 0. The van der Waals surface area contributed by atoms with Gasteiger partial charge in [0.25, 0.3) is 0 Å². The van der Waals surface area contributed by atoms with E-state index in [1.807, 2.05) is 0 Å². The Bertz CT molecular complexity index is 298. The van der Waals surface area contributed by atoms with E-state index < -0.39 is 0 Å². The summed E-state index contributed by atoms with van der Waals surface area (Å²) in [5.74, 6) is 2.94. The Morgan fingerprint density at radius 2 is 2.43 bits per heavy atom. The standard InChI is InChI=1S/C10H15N3S/c1-2-8-3-7(1)4-9(8)5-11-10-12-6-13-14-10/h6-9H,1-5H2,(H,11,12,13). The first-order chi connectivity index (χ1) is 6.92. The molecule has 3 nitrogen and oxygen atoms in total. The molecule has 1 aromatic heterocycles. The molecule has 1 heterocycles. The van der Waals surface area contributed by atoms with Crippen LogP contribution in [0.2, 0.25) is 0 Å². The molecule has 2 aliphatic carbocycles. The Balaban J connectivity index is 1.54. The van der Waals surface area contributed by atoms with Gasteiger partial charge in [-0.3, -0.25) is 0 Å². The van der Waals surface area contributed by atoms with Crippen LogP contribution >= 0.6 is 11.5 Å². The fourth-order valence-electron chi connectivity index (χ4n) is 3.10. The third-order valence-corrected chi connectivity index (χ3v) is 4.38. The molecular weight excluding hydrogens is 194 g/mol. The maximum Gasteiger partial charge on any atom is 0.202 e. The first kappa shape index (κ1) is 8.65. The maximum absolute atomic E-state index is 4.14. The number of nitrogens with zero attached hydrogens (tertiary/aromatic N) is 2. The van der Waals surface area contributed by atoms with Crippen LogP contribution in [0.15, 0.2) is 6.33 Å². The summed E-state index contributed by atoms with van der Waals surface area (Å²) in [6.07, 6.45) is 7.50. The Hall–Kier alpha value is -0.640. The van der Waals surface area contributed by atoms with Crippen LogP contribution in [0.3, 0.4) is 0 Å². The van der Waals surface area contributed by atoms with Crippen molar-refractivity contribution < 1.29 is 0 Å². The molecule has 0 saturated heterocycles. The molecule has 2 fully saturated rings. The second-order valence-corrected chi connectivity index (χ2v) is 5.34. The molecule has 0 amide bonds. The molecule has 0 aliphatic heterocycles. The van der Waals surface area contributed by atoms with E-state index in [1.54, 1.807) is 6.33 Å². The number of aromatic nitrogens is 2. The molecule has 3 unspecified atom stereocenters. The van der Waals surface area contributed by atoms with Gasteiger partial charge in [0.2, 0.25) is 5.13 Å². The SMILES string of the molecule is c1nsc(NCC2CC3CCC2C3)n1. The fraction of sp³-hybridized carbons (Fsp3) is 0.800. The molecule has 3 rings (SSSR count). The predicted molar refractivity (Wildman–Crippen MR) is 57.3 cm³/mol. The second kappa shape index (κ2) is 3.50. The van der Waals surface area contributed by atoms with Crippen LogP contribution in [-0.2, 0) is 0 Å². The van der Waals surface area contributed by atoms with Crippen molar-refractivity contribution in [2.75, 3.05) is 11.9 Å². The number of anilines is 1. The largest absolute Gasteiger partial charge is 0.360 e. The van der Waals surface area contributed by atoms with Crippen LogP contribution in [0, 0.1) is 17.8 Å². The highest BCUT2D eigenvalue weighted by Gasteiger charge is 2.39. The van der Waals surface area contributed by atoms with E-state index in [-0.39, 0.29) is 0 Å². The van der Waals surface area contributed by atoms with E-state index >= 15 is 0 Å². The van der Waals surface area contributed by atoms with Crippen LogP contribution in [0.5, 0.6) is 0 Å².